The van der Waals surface area contributed by atoms with E-state index in [1.54, 1.807) is 14.2 Å². The SMILES string of the molecule is COc1ccc(C2CSC(C)CCN2)c(OC)c1. The first-order valence-electron chi connectivity index (χ1n) is 6.31. The van der Waals surface area contributed by atoms with Gasteiger partial charge in [0.05, 0.1) is 14.2 Å². The van der Waals surface area contributed by atoms with Crippen LogP contribution in [-0.2, 0) is 0 Å². The number of rotatable bonds is 3. The minimum atomic E-state index is 0.362. The van der Waals surface area contributed by atoms with Gasteiger partial charge in [0, 0.05) is 28.7 Å². The van der Waals surface area contributed by atoms with Crippen molar-refractivity contribution in [2.75, 3.05) is 26.5 Å². The highest BCUT2D eigenvalue weighted by molar-refractivity contribution is 7.99. The fourth-order valence-electron chi connectivity index (χ4n) is 2.17. The van der Waals surface area contributed by atoms with E-state index in [9.17, 15) is 0 Å². The molecule has 1 fully saturated rings. The van der Waals surface area contributed by atoms with E-state index in [-0.39, 0.29) is 0 Å². The Bertz CT molecular complexity index is 397. The van der Waals surface area contributed by atoms with E-state index in [2.05, 4.69) is 18.3 Å². The van der Waals surface area contributed by atoms with Gasteiger partial charge in [0.1, 0.15) is 11.5 Å². The molecule has 2 rings (SSSR count). The van der Waals surface area contributed by atoms with Gasteiger partial charge in [0.25, 0.3) is 0 Å². The summed E-state index contributed by atoms with van der Waals surface area (Å²) in [6.07, 6.45) is 1.22. The van der Waals surface area contributed by atoms with E-state index in [4.69, 9.17) is 9.47 Å². The second-order valence-corrected chi connectivity index (χ2v) is 6.02. The fraction of sp³-hybridized carbons (Fsp3) is 0.571. The Hall–Kier alpha value is -0.870. The lowest BCUT2D eigenvalue weighted by atomic mass is 10.1. The van der Waals surface area contributed by atoms with Gasteiger partial charge in [-0.05, 0) is 19.0 Å². The third-order valence-corrected chi connectivity index (χ3v) is 4.64. The van der Waals surface area contributed by atoms with E-state index < -0.39 is 0 Å². The Morgan fingerprint density at radius 1 is 1.28 bits per heavy atom. The van der Waals surface area contributed by atoms with Gasteiger partial charge in [-0.2, -0.15) is 11.8 Å². The molecule has 100 valence electrons. The first-order valence-corrected chi connectivity index (χ1v) is 7.36. The average molecular weight is 267 g/mol. The molecule has 18 heavy (non-hydrogen) atoms. The number of nitrogens with one attached hydrogen (secondary N) is 1. The minimum absolute atomic E-state index is 0.362. The number of hydrogen-bond acceptors (Lipinski definition) is 4. The zero-order valence-electron chi connectivity index (χ0n) is 11.2. The zero-order chi connectivity index (χ0) is 13.0. The van der Waals surface area contributed by atoms with Crippen molar-refractivity contribution >= 4 is 11.8 Å². The third kappa shape index (κ3) is 3.12. The van der Waals surface area contributed by atoms with Gasteiger partial charge in [-0.15, -0.1) is 0 Å². The van der Waals surface area contributed by atoms with Crippen LogP contribution in [0.4, 0.5) is 0 Å². The van der Waals surface area contributed by atoms with E-state index in [1.807, 2.05) is 23.9 Å². The van der Waals surface area contributed by atoms with Crippen molar-refractivity contribution in [3.8, 4) is 11.5 Å². The molecular formula is C14H21NO2S. The van der Waals surface area contributed by atoms with E-state index >= 15 is 0 Å². The number of methoxy groups -OCH3 is 2. The van der Waals surface area contributed by atoms with Crippen LogP contribution >= 0.6 is 11.8 Å². The van der Waals surface area contributed by atoms with Crippen molar-refractivity contribution in [2.24, 2.45) is 0 Å². The molecule has 3 nitrogen and oxygen atoms in total. The van der Waals surface area contributed by atoms with Crippen molar-refractivity contribution in [1.29, 1.82) is 0 Å². The van der Waals surface area contributed by atoms with Crippen LogP contribution in [0.15, 0.2) is 18.2 Å². The predicted octanol–water partition coefficient (Wildman–Crippen LogP) is 2.86. The number of benzene rings is 1. The molecule has 0 spiro atoms. The Balaban J connectivity index is 2.20. The van der Waals surface area contributed by atoms with Gasteiger partial charge in [-0.1, -0.05) is 13.0 Å². The summed E-state index contributed by atoms with van der Waals surface area (Å²) in [5.74, 6) is 2.83. The quantitative estimate of drug-likeness (QED) is 0.912. The van der Waals surface area contributed by atoms with Crippen molar-refractivity contribution < 1.29 is 9.47 Å². The average Bonchev–Trinajstić information content (AvgIpc) is 2.62. The molecule has 1 aromatic rings. The Morgan fingerprint density at radius 2 is 2.11 bits per heavy atom. The molecule has 1 heterocycles. The predicted molar refractivity (Wildman–Crippen MR) is 76.8 cm³/mol. The Labute approximate surface area is 113 Å². The maximum atomic E-state index is 5.48. The van der Waals surface area contributed by atoms with Crippen molar-refractivity contribution in [2.45, 2.75) is 24.6 Å². The highest BCUT2D eigenvalue weighted by Crippen LogP contribution is 2.33. The molecule has 0 aromatic heterocycles. The van der Waals surface area contributed by atoms with Crippen LogP contribution in [0.1, 0.15) is 24.9 Å². The zero-order valence-corrected chi connectivity index (χ0v) is 12.0. The summed E-state index contributed by atoms with van der Waals surface area (Å²) in [5.41, 5.74) is 1.22. The molecule has 0 amide bonds. The second-order valence-electron chi connectivity index (χ2n) is 4.55. The van der Waals surface area contributed by atoms with Crippen molar-refractivity contribution in [3.05, 3.63) is 23.8 Å². The van der Waals surface area contributed by atoms with E-state index in [1.165, 1.54) is 12.0 Å². The highest BCUT2D eigenvalue weighted by Gasteiger charge is 2.20. The van der Waals surface area contributed by atoms with Crippen LogP contribution < -0.4 is 14.8 Å². The van der Waals surface area contributed by atoms with Crippen LogP contribution in [0, 0.1) is 0 Å². The summed E-state index contributed by atoms with van der Waals surface area (Å²) in [7, 11) is 3.39. The molecule has 1 aliphatic rings. The van der Waals surface area contributed by atoms with Gasteiger partial charge in [0.15, 0.2) is 0 Å². The van der Waals surface area contributed by atoms with E-state index in [0.29, 0.717) is 6.04 Å². The molecule has 0 bridgehead atoms. The largest absolute Gasteiger partial charge is 0.497 e. The lowest BCUT2D eigenvalue weighted by molar-refractivity contribution is 0.386. The van der Waals surface area contributed by atoms with Crippen LogP contribution in [-0.4, -0.2) is 31.8 Å². The summed E-state index contributed by atoms with van der Waals surface area (Å²) in [4.78, 5) is 0. The normalized spacial score (nSPS) is 24.4. The maximum absolute atomic E-state index is 5.48. The topological polar surface area (TPSA) is 30.5 Å². The molecule has 2 atom stereocenters. The Kier molecular flexibility index (Phi) is 4.78. The minimum Gasteiger partial charge on any atom is -0.497 e. The molecular weight excluding hydrogens is 246 g/mol. The number of ether oxygens (including phenoxy) is 2. The summed E-state index contributed by atoms with van der Waals surface area (Å²) >= 11 is 2.02. The standard InChI is InChI=1S/C14H21NO2S/c1-10-6-7-15-13(9-18-10)12-5-4-11(16-2)8-14(12)17-3/h4-5,8,10,13,15H,6-7,9H2,1-3H3. The number of hydrogen-bond donors (Lipinski definition) is 1. The maximum Gasteiger partial charge on any atom is 0.127 e. The lowest BCUT2D eigenvalue weighted by Crippen LogP contribution is -2.23. The monoisotopic (exact) mass is 267 g/mol. The Morgan fingerprint density at radius 3 is 2.83 bits per heavy atom. The summed E-state index contributed by atoms with van der Waals surface area (Å²) in [6, 6.07) is 6.42. The molecule has 4 heteroatoms. The molecule has 2 unspecified atom stereocenters. The first-order chi connectivity index (χ1) is 8.74. The summed E-state index contributed by atoms with van der Waals surface area (Å²) < 4.78 is 10.7. The first kappa shape index (κ1) is 13.6. The molecule has 1 N–H and O–H groups in total. The summed E-state index contributed by atoms with van der Waals surface area (Å²) in [5, 5.41) is 4.33. The fourth-order valence-corrected chi connectivity index (χ4v) is 3.27. The smallest absolute Gasteiger partial charge is 0.127 e. The molecule has 1 aliphatic heterocycles. The molecule has 0 radical (unpaired) electrons. The third-order valence-electron chi connectivity index (χ3n) is 3.31. The van der Waals surface area contributed by atoms with Crippen molar-refractivity contribution in [3.63, 3.8) is 0 Å². The number of thioether (sulfide) groups is 1. The van der Waals surface area contributed by atoms with Gasteiger partial charge in [-0.3, -0.25) is 0 Å². The molecule has 0 saturated carbocycles. The summed E-state index contributed by atoms with van der Waals surface area (Å²) in [6.45, 7) is 3.36. The van der Waals surface area contributed by atoms with Crippen LogP contribution in [0.25, 0.3) is 0 Å². The second kappa shape index (κ2) is 6.34. The highest BCUT2D eigenvalue weighted by atomic mass is 32.2. The van der Waals surface area contributed by atoms with Crippen LogP contribution in [0.2, 0.25) is 0 Å². The molecule has 1 aromatic carbocycles. The molecule has 0 aliphatic carbocycles. The van der Waals surface area contributed by atoms with Crippen LogP contribution in [0.5, 0.6) is 11.5 Å². The van der Waals surface area contributed by atoms with Crippen LogP contribution in [0.3, 0.4) is 0 Å². The van der Waals surface area contributed by atoms with Gasteiger partial charge in [0.2, 0.25) is 0 Å². The molecule has 1 saturated heterocycles. The van der Waals surface area contributed by atoms with E-state index in [0.717, 1.165) is 29.0 Å². The van der Waals surface area contributed by atoms with Gasteiger partial charge < -0.3 is 14.8 Å². The van der Waals surface area contributed by atoms with Crippen molar-refractivity contribution in [1.82, 2.24) is 5.32 Å². The van der Waals surface area contributed by atoms with Gasteiger partial charge >= 0.3 is 0 Å². The lowest BCUT2D eigenvalue weighted by Gasteiger charge is -2.19. The van der Waals surface area contributed by atoms with Gasteiger partial charge in [-0.25, -0.2) is 0 Å².